The summed E-state index contributed by atoms with van der Waals surface area (Å²) >= 11 is 0. The van der Waals surface area contributed by atoms with Gasteiger partial charge in [0.25, 0.3) is 0 Å². The molecular weight excluding hydrogens is 312 g/mol. The first kappa shape index (κ1) is 14.9. The Labute approximate surface area is 134 Å². The van der Waals surface area contributed by atoms with E-state index in [9.17, 15) is 0 Å². The topological polar surface area (TPSA) is 26.0 Å². The molecule has 0 aromatic rings. The van der Waals surface area contributed by atoms with Gasteiger partial charge in [0.05, 0.1) is 18.0 Å². The van der Waals surface area contributed by atoms with E-state index < -0.39 is 0 Å². The van der Waals surface area contributed by atoms with Crippen molar-refractivity contribution in [1.29, 1.82) is 0 Å². The van der Waals surface area contributed by atoms with Crippen molar-refractivity contribution in [3.05, 3.63) is 0 Å². The van der Waals surface area contributed by atoms with E-state index in [1.54, 1.807) is 0 Å². The summed E-state index contributed by atoms with van der Waals surface area (Å²) in [5, 5.41) is 3.98. The molecule has 3 aliphatic carbocycles. The highest BCUT2D eigenvalue weighted by Crippen LogP contribution is 2.40. The van der Waals surface area contributed by atoms with Crippen molar-refractivity contribution >= 4 is 5.84 Å². The monoisotopic (exact) mass is 340 g/mol. The van der Waals surface area contributed by atoms with Crippen LogP contribution in [0.25, 0.3) is 0 Å². The van der Waals surface area contributed by atoms with Crippen LogP contribution < -0.4 is 27.3 Å². The zero-order valence-electron chi connectivity index (χ0n) is 12.5. The van der Waals surface area contributed by atoms with Crippen molar-refractivity contribution in [1.82, 2.24) is 5.32 Å². The lowest BCUT2D eigenvalue weighted by Gasteiger charge is -2.33. The summed E-state index contributed by atoms with van der Waals surface area (Å²) in [5.41, 5.74) is 0. The summed E-state index contributed by atoms with van der Waals surface area (Å²) in [6.45, 7) is 0. The zero-order chi connectivity index (χ0) is 12.7. The molecule has 2 N–H and O–H groups in total. The Balaban J connectivity index is 0.00000121. The third-order valence-electron chi connectivity index (χ3n) is 6.41. The van der Waals surface area contributed by atoms with Crippen LogP contribution in [0.4, 0.5) is 0 Å². The lowest BCUT2D eigenvalue weighted by molar-refractivity contribution is -0.523. The molecular formula is C17H29BrN2. The van der Waals surface area contributed by atoms with Crippen LogP contribution in [0, 0.1) is 17.8 Å². The molecule has 0 amide bonds. The lowest BCUT2D eigenvalue weighted by Crippen LogP contribution is -3.00. The predicted octanol–water partition coefficient (Wildman–Crippen LogP) is -1.01. The molecule has 5 aliphatic rings. The molecule has 20 heavy (non-hydrogen) atoms. The maximum absolute atomic E-state index is 3.98. The molecule has 2 bridgehead atoms. The zero-order valence-corrected chi connectivity index (χ0v) is 14.1. The predicted molar refractivity (Wildman–Crippen MR) is 77.9 cm³/mol. The smallest absolute Gasteiger partial charge is 0.246 e. The van der Waals surface area contributed by atoms with E-state index in [1.165, 1.54) is 76.5 Å². The fourth-order valence-electron chi connectivity index (χ4n) is 5.34. The van der Waals surface area contributed by atoms with Gasteiger partial charge in [-0.3, -0.25) is 10.3 Å². The summed E-state index contributed by atoms with van der Waals surface area (Å²) in [4.78, 5) is 3.80. The number of hydrogen-bond donors (Lipinski definition) is 2. The third kappa shape index (κ3) is 2.80. The molecule has 3 fully saturated rings. The maximum atomic E-state index is 3.98. The van der Waals surface area contributed by atoms with Crippen LogP contribution in [0.3, 0.4) is 0 Å². The molecule has 0 aromatic carbocycles. The Hall–Kier alpha value is -0.0500. The van der Waals surface area contributed by atoms with Crippen molar-refractivity contribution in [3.63, 3.8) is 0 Å². The van der Waals surface area contributed by atoms with Gasteiger partial charge in [0, 0.05) is 5.92 Å². The molecule has 2 atom stereocenters. The third-order valence-corrected chi connectivity index (χ3v) is 6.41. The molecule has 2 aliphatic heterocycles. The Morgan fingerprint density at radius 1 is 0.800 bits per heavy atom. The van der Waals surface area contributed by atoms with Gasteiger partial charge in [-0.25, -0.2) is 0 Å². The largest absolute Gasteiger partial charge is 1.00 e. The van der Waals surface area contributed by atoms with Crippen molar-refractivity contribution in [2.75, 3.05) is 0 Å². The SMILES string of the molecule is C1CCC([C@@H]2CCC[C@@H]2NC2=[NH+]C3CCC2CC3)C1.[Br-]. The van der Waals surface area contributed by atoms with E-state index in [0.29, 0.717) is 0 Å². The van der Waals surface area contributed by atoms with Crippen LogP contribution >= 0.6 is 0 Å². The van der Waals surface area contributed by atoms with Crippen molar-refractivity contribution in [2.24, 2.45) is 17.8 Å². The first-order valence-corrected chi connectivity index (χ1v) is 8.80. The Bertz CT molecular complexity index is 354. The minimum Gasteiger partial charge on any atom is -1.00 e. The summed E-state index contributed by atoms with van der Waals surface area (Å²) in [6.07, 6.45) is 16.1. The number of nitrogens with one attached hydrogen (secondary N) is 2. The molecule has 0 aromatic heterocycles. The minimum absolute atomic E-state index is 0. The molecule has 0 spiro atoms. The second kappa shape index (κ2) is 6.37. The van der Waals surface area contributed by atoms with Crippen molar-refractivity contribution in [2.45, 2.75) is 82.7 Å². The molecule has 3 saturated carbocycles. The maximum Gasteiger partial charge on any atom is 0.246 e. The first-order valence-electron chi connectivity index (χ1n) is 8.80. The minimum atomic E-state index is 0. The van der Waals surface area contributed by atoms with Gasteiger partial charge >= 0.3 is 0 Å². The lowest BCUT2D eigenvalue weighted by atomic mass is 9.81. The fraction of sp³-hybridized carbons (Fsp3) is 0.941. The Kier molecular flexibility index (Phi) is 4.74. The Morgan fingerprint density at radius 3 is 2.20 bits per heavy atom. The highest BCUT2D eigenvalue weighted by atomic mass is 79.9. The van der Waals surface area contributed by atoms with Crippen LogP contribution in [0.1, 0.15) is 70.6 Å². The van der Waals surface area contributed by atoms with Crippen molar-refractivity contribution < 1.29 is 22.0 Å². The van der Waals surface area contributed by atoms with Crippen molar-refractivity contribution in [3.8, 4) is 0 Å². The second-order valence-electron chi connectivity index (χ2n) is 7.50. The van der Waals surface area contributed by atoms with E-state index in [2.05, 4.69) is 10.3 Å². The quantitative estimate of drug-likeness (QED) is 0.662. The number of rotatable bonds is 2. The normalized spacial score (nSPS) is 40.5. The van der Waals surface area contributed by atoms with Crippen LogP contribution in [-0.2, 0) is 0 Å². The summed E-state index contributed by atoms with van der Waals surface area (Å²) in [6, 6.07) is 1.59. The van der Waals surface area contributed by atoms with E-state index in [0.717, 1.165) is 29.8 Å². The van der Waals surface area contributed by atoms with E-state index in [1.807, 2.05) is 0 Å². The van der Waals surface area contributed by atoms with Gasteiger partial charge in [0.15, 0.2) is 0 Å². The molecule has 114 valence electrons. The van der Waals surface area contributed by atoms with Gasteiger partial charge in [-0.05, 0) is 50.9 Å². The van der Waals surface area contributed by atoms with Crippen LogP contribution in [0.15, 0.2) is 0 Å². The van der Waals surface area contributed by atoms with Gasteiger partial charge in [-0.1, -0.05) is 25.7 Å². The van der Waals surface area contributed by atoms with Gasteiger partial charge in [0.1, 0.15) is 0 Å². The van der Waals surface area contributed by atoms with Gasteiger partial charge in [-0.2, -0.15) is 0 Å². The molecule has 2 nitrogen and oxygen atoms in total. The van der Waals surface area contributed by atoms with Gasteiger partial charge < -0.3 is 17.0 Å². The molecule has 5 rings (SSSR count). The van der Waals surface area contributed by atoms with E-state index >= 15 is 0 Å². The fourth-order valence-corrected chi connectivity index (χ4v) is 5.34. The number of fused-ring (bicyclic) bond motifs is 2. The van der Waals surface area contributed by atoms with E-state index in [4.69, 9.17) is 0 Å². The standard InChI is InChI=1S/C17H28N2.BrH/c1-2-5-12(4-1)15-6-3-7-16(15)19-17-13-8-10-14(18-17)11-9-13;/h12-16H,1-11H2,(H,18,19);1H/t13?,14?,15-,16-;/m0./s1. The molecule has 0 unspecified atom stereocenters. The molecule has 0 radical (unpaired) electrons. The van der Waals surface area contributed by atoms with Crippen LogP contribution in [0.2, 0.25) is 0 Å². The Morgan fingerprint density at radius 2 is 1.55 bits per heavy atom. The number of hydrogen-bond acceptors (Lipinski definition) is 1. The van der Waals surface area contributed by atoms with Crippen LogP contribution in [0.5, 0.6) is 0 Å². The van der Waals surface area contributed by atoms with Gasteiger partial charge in [0.2, 0.25) is 5.84 Å². The number of halogens is 1. The highest BCUT2D eigenvalue weighted by molar-refractivity contribution is 5.80. The van der Waals surface area contributed by atoms with Gasteiger partial charge in [-0.15, -0.1) is 0 Å². The highest BCUT2D eigenvalue weighted by Gasteiger charge is 2.41. The second-order valence-corrected chi connectivity index (χ2v) is 7.50. The first-order chi connectivity index (χ1) is 9.40. The average molecular weight is 341 g/mol. The summed E-state index contributed by atoms with van der Waals surface area (Å²) < 4.78 is 0. The van der Waals surface area contributed by atoms with Crippen LogP contribution in [-0.4, -0.2) is 17.9 Å². The molecule has 0 saturated heterocycles. The molecule has 3 heteroatoms. The molecule has 2 heterocycles. The summed E-state index contributed by atoms with van der Waals surface area (Å²) in [7, 11) is 0. The average Bonchev–Trinajstić information content (AvgIpc) is 3.10. The number of amidine groups is 1. The summed E-state index contributed by atoms with van der Waals surface area (Å²) in [5.74, 6) is 4.41. The van der Waals surface area contributed by atoms with E-state index in [-0.39, 0.29) is 17.0 Å².